The Balaban J connectivity index is 2.59. The van der Waals surface area contributed by atoms with Crippen LogP contribution in [0.4, 0.5) is 3.89 Å². The van der Waals surface area contributed by atoms with Crippen LogP contribution in [-0.2, 0) is 0 Å². The van der Waals surface area contributed by atoms with E-state index in [4.69, 9.17) is 0 Å². The lowest BCUT2D eigenvalue weighted by atomic mass is 10.0. The van der Waals surface area contributed by atoms with Crippen LogP contribution in [0.2, 0.25) is 0 Å². The summed E-state index contributed by atoms with van der Waals surface area (Å²) in [5, 5.41) is 4.30. The average Bonchev–Trinajstić information content (AvgIpc) is 2.66. The molecule has 0 unspecified atom stereocenters. The van der Waals surface area contributed by atoms with Crippen LogP contribution in [0.3, 0.4) is 0 Å². The zero-order valence-electron chi connectivity index (χ0n) is 10.9. The van der Waals surface area contributed by atoms with E-state index in [0.717, 1.165) is 28.3 Å². The van der Waals surface area contributed by atoms with E-state index in [1.54, 1.807) is 0 Å². The van der Waals surface area contributed by atoms with Gasteiger partial charge in [0.25, 0.3) is 0 Å². The van der Waals surface area contributed by atoms with Crippen molar-refractivity contribution < 1.29 is 3.89 Å². The third kappa shape index (κ3) is 2.27. The Kier molecular flexibility index (Phi) is 3.71. The van der Waals surface area contributed by atoms with Crippen molar-refractivity contribution in [2.45, 2.75) is 33.6 Å². The number of hydrogen-bond donors (Lipinski definition) is 0. The summed E-state index contributed by atoms with van der Waals surface area (Å²) < 4.78 is 14.3. The predicted octanol–water partition coefficient (Wildman–Crippen LogP) is 4.07. The number of nitrogens with zero attached hydrogens (tertiary/aromatic N) is 3. The molecule has 5 heteroatoms. The molecule has 2 heterocycles. The third-order valence-electron chi connectivity index (χ3n) is 2.88. The molecular weight excluding hydrogens is 249 g/mol. The zero-order chi connectivity index (χ0) is 13.3. The molecule has 0 saturated carbocycles. The molecule has 0 aliphatic heterocycles. The van der Waals surface area contributed by atoms with Gasteiger partial charge in [-0.25, -0.2) is 0 Å². The molecule has 0 aromatic carbocycles. The molecular formula is C13H16FN3S. The molecule has 0 atom stereocenters. The quantitative estimate of drug-likeness (QED) is 0.838. The maximum atomic E-state index is 12.9. The summed E-state index contributed by atoms with van der Waals surface area (Å²) >= 11 is 0.135. The zero-order valence-corrected chi connectivity index (χ0v) is 11.8. The normalized spacial score (nSPS) is 11.2. The van der Waals surface area contributed by atoms with Gasteiger partial charge >= 0.3 is 0 Å². The molecule has 0 spiro atoms. The predicted molar refractivity (Wildman–Crippen MR) is 73.1 cm³/mol. The van der Waals surface area contributed by atoms with Crippen LogP contribution >= 0.6 is 12.3 Å². The first-order valence-corrected chi connectivity index (χ1v) is 6.54. The van der Waals surface area contributed by atoms with Gasteiger partial charge in [0, 0.05) is 11.3 Å². The van der Waals surface area contributed by atoms with E-state index in [-0.39, 0.29) is 18.3 Å². The average molecular weight is 265 g/mol. The SMILES string of the molecule is Cc1cccc(-c2nn(SF)c(C(C)C)c2C)n1. The molecule has 96 valence electrons. The summed E-state index contributed by atoms with van der Waals surface area (Å²) in [5.41, 5.74) is 4.38. The third-order valence-corrected chi connectivity index (χ3v) is 3.29. The van der Waals surface area contributed by atoms with E-state index >= 15 is 0 Å². The van der Waals surface area contributed by atoms with Crippen molar-refractivity contribution in [2.75, 3.05) is 0 Å². The fourth-order valence-corrected chi connectivity index (χ4v) is 2.64. The second-order valence-electron chi connectivity index (χ2n) is 4.62. The first-order valence-electron chi connectivity index (χ1n) is 5.87. The van der Waals surface area contributed by atoms with Gasteiger partial charge < -0.3 is 0 Å². The molecule has 0 amide bonds. The standard InChI is InChI=1S/C13H16FN3S/c1-8(2)13-10(4)12(16-17(13)18-14)11-7-5-6-9(3)15-11/h5-8H,1-4H3. The number of pyridine rings is 1. The van der Waals surface area contributed by atoms with Crippen LogP contribution in [0.15, 0.2) is 18.2 Å². The molecule has 2 aromatic rings. The maximum Gasteiger partial charge on any atom is 0.187 e. The number of hydrogen-bond acceptors (Lipinski definition) is 3. The van der Waals surface area contributed by atoms with Crippen molar-refractivity contribution in [1.29, 1.82) is 0 Å². The molecule has 2 aromatic heterocycles. The molecule has 18 heavy (non-hydrogen) atoms. The lowest BCUT2D eigenvalue weighted by molar-refractivity contribution is 0.763. The summed E-state index contributed by atoms with van der Waals surface area (Å²) in [5.74, 6) is 0.222. The lowest BCUT2D eigenvalue weighted by Crippen LogP contribution is -1.98. The Bertz CT molecular complexity index is 563. The van der Waals surface area contributed by atoms with E-state index < -0.39 is 0 Å². The molecule has 0 fully saturated rings. The lowest BCUT2D eigenvalue weighted by Gasteiger charge is -2.06. The second-order valence-corrected chi connectivity index (χ2v) is 5.10. The highest BCUT2D eigenvalue weighted by Crippen LogP contribution is 2.30. The van der Waals surface area contributed by atoms with E-state index in [1.807, 2.05) is 45.9 Å². The molecule has 0 aliphatic carbocycles. The van der Waals surface area contributed by atoms with Crippen LogP contribution in [0.1, 0.15) is 36.7 Å². The smallest absolute Gasteiger partial charge is 0.187 e. The van der Waals surface area contributed by atoms with Crippen molar-refractivity contribution in [1.82, 2.24) is 14.2 Å². The molecule has 0 N–H and O–H groups in total. The number of halogens is 1. The highest BCUT2D eigenvalue weighted by molar-refractivity contribution is 7.92. The van der Waals surface area contributed by atoms with Gasteiger partial charge in [-0.1, -0.05) is 19.9 Å². The minimum atomic E-state index is 0.135. The fourth-order valence-electron chi connectivity index (χ4n) is 2.11. The van der Waals surface area contributed by atoms with Gasteiger partial charge in [-0.05, 0) is 31.9 Å². The Hall–Kier alpha value is -1.36. The van der Waals surface area contributed by atoms with Gasteiger partial charge in [-0.15, -0.1) is 3.89 Å². The number of aromatic nitrogens is 3. The van der Waals surface area contributed by atoms with E-state index in [1.165, 1.54) is 4.09 Å². The first kappa shape index (κ1) is 13.1. The minimum Gasteiger partial charge on any atom is -0.251 e. The van der Waals surface area contributed by atoms with E-state index in [9.17, 15) is 3.89 Å². The fraction of sp³-hybridized carbons (Fsp3) is 0.385. The van der Waals surface area contributed by atoms with Gasteiger partial charge in [-0.3, -0.25) is 4.98 Å². The van der Waals surface area contributed by atoms with Crippen molar-refractivity contribution >= 4 is 12.3 Å². The number of rotatable bonds is 3. The first-order chi connectivity index (χ1) is 8.54. The molecule has 0 aliphatic rings. The molecule has 3 nitrogen and oxygen atoms in total. The Morgan fingerprint density at radius 1 is 1.28 bits per heavy atom. The highest BCUT2D eigenvalue weighted by Gasteiger charge is 2.19. The molecule has 0 saturated heterocycles. The van der Waals surface area contributed by atoms with Crippen molar-refractivity contribution in [3.63, 3.8) is 0 Å². The van der Waals surface area contributed by atoms with Crippen molar-refractivity contribution in [3.8, 4) is 11.4 Å². The highest BCUT2D eigenvalue weighted by atomic mass is 32.2. The molecule has 0 radical (unpaired) electrons. The maximum absolute atomic E-state index is 12.9. The summed E-state index contributed by atoms with van der Waals surface area (Å²) in [6, 6.07) is 5.77. The summed E-state index contributed by atoms with van der Waals surface area (Å²) in [6.45, 7) is 7.96. The Morgan fingerprint density at radius 2 is 2.00 bits per heavy atom. The van der Waals surface area contributed by atoms with Gasteiger partial charge in [0.1, 0.15) is 5.69 Å². The Labute approximate surface area is 111 Å². The van der Waals surface area contributed by atoms with Gasteiger partial charge in [0.2, 0.25) is 0 Å². The molecule has 0 bridgehead atoms. The topological polar surface area (TPSA) is 30.7 Å². The number of aryl methyl sites for hydroxylation is 1. The summed E-state index contributed by atoms with van der Waals surface area (Å²) in [6.07, 6.45) is 0. The minimum absolute atomic E-state index is 0.135. The van der Waals surface area contributed by atoms with Crippen molar-refractivity contribution in [3.05, 3.63) is 35.2 Å². The monoisotopic (exact) mass is 265 g/mol. The van der Waals surface area contributed by atoms with Gasteiger partial charge in [0.05, 0.1) is 11.4 Å². The van der Waals surface area contributed by atoms with Gasteiger partial charge in [0.15, 0.2) is 12.3 Å². The second kappa shape index (κ2) is 5.10. The van der Waals surface area contributed by atoms with E-state index in [2.05, 4.69) is 10.1 Å². The van der Waals surface area contributed by atoms with Crippen LogP contribution in [0.25, 0.3) is 11.4 Å². The van der Waals surface area contributed by atoms with Crippen LogP contribution < -0.4 is 0 Å². The van der Waals surface area contributed by atoms with Gasteiger partial charge in [-0.2, -0.15) is 9.19 Å². The van der Waals surface area contributed by atoms with Crippen LogP contribution in [-0.4, -0.2) is 14.2 Å². The van der Waals surface area contributed by atoms with Crippen molar-refractivity contribution in [2.24, 2.45) is 0 Å². The van der Waals surface area contributed by atoms with Crippen LogP contribution in [0, 0.1) is 13.8 Å². The molecule has 2 rings (SSSR count). The van der Waals surface area contributed by atoms with Crippen LogP contribution in [0.5, 0.6) is 0 Å². The summed E-state index contributed by atoms with van der Waals surface area (Å²) in [7, 11) is 0. The summed E-state index contributed by atoms with van der Waals surface area (Å²) in [4.78, 5) is 4.44. The Morgan fingerprint density at radius 3 is 2.50 bits per heavy atom. The van der Waals surface area contributed by atoms with E-state index in [0.29, 0.717) is 0 Å². The largest absolute Gasteiger partial charge is 0.251 e.